The Morgan fingerprint density at radius 3 is 2.96 bits per heavy atom. The first kappa shape index (κ1) is 15.3. The van der Waals surface area contributed by atoms with E-state index >= 15 is 0 Å². The molecule has 3 aromatic rings. The van der Waals surface area contributed by atoms with Gasteiger partial charge in [0.25, 0.3) is 0 Å². The van der Waals surface area contributed by atoms with Gasteiger partial charge in [0.15, 0.2) is 5.65 Å². The maximum Gasteiger partial charge on any atom is 0.159 e. The van der Waals surface area contributed by atoms with Crippen LogP contribution in [0.4, 0.5) is 0 Å². The monoisotopic (exact) mass is 326 g/mol. The van der Waals surface area contributed by atoms with E-state index in [-0.39, 0.29) is 6.04 Å². The van der Waals surface area contributed by atoms with Crippen LogP contribution in [-0.4, -0.2) is 49.5 Å². The molecule has 1 saturated heterocycles. The average molecular weight is 326 g/mol. The number of hydrogen-bond donors (Lipinski definition) is 1. The molecular formula is C17H22N6O. The number of aromatic nitrogens is 5. The van der Waals surface area contributed by atoms with Crippen LogP contribution in [0.1, 0.15) is 34.3 Å². The molecule has 1 N–H and O–H groups in total. The molecule has 0 radical (unpaired) electrons. The van der Waals surface area contributed by atoms with Crippen molar-refractivity contribution in [1.82, 2.24) is 29.7 Å². The summed E-state index contributed by atoms with van der Waals surface area (Å²) in [4.78, 5) is 7.11. The molecule has 1 aliphatic rings. The van der Waals surface area contributed by atoms with Crippen LogP contribution in [0, 0.1) is 20.8 Å². The summed E-state index contributed by atoms with van der Waals surface area (Å²) in [5.74, 6) is 0. The standard InChI is InChI=1S/C17H22N6O/c1-11-7-18-21-16(11)15-10-24-5-4-22(15)9-14-8-19-23-13(3)6-12(2)20-17(14)23/h6-8,15H,4-5,9-10H2,1-3H3,(H,18,21). The van der Waals surface area contributed by atoms with Gasteiger partial charge in [0.1, 0.15) is 0 Å². The van der Waals surface area contributed by atoms with Crippen molar-refractivity contribution in [3.8, 4) is 0 Å². The van der Waals surface area contributed by atoms with Gasteiger partial charge in [-0.25, -0.2) is 9.50 Å². The van der Waals surface area contributed by atoms with E-state index in [0.29, 0.717) is 6.61 Å². The summed E-state index contributed by atoms with van der Waals surface area (Å²) in [7, 11) is 0. The van der Waals surface area contributed by atoms with E-state index < -0.39 is 0 Å². The first-order valence-corrected chi connectivity index (χ1v) is 8.26. The molecule has 7 heteroatoms. The predicted molar refractivity (Wildman–Crippen MR) is 89.8 cm³/mol. The van der Waals surface area contributed by atoms with Crippen molar-refractivity contribution >= 4 is 5.65 Å². The zero-order chi connectivity index (χ0) is 16.7. The van der Waals surface area contributed by atoms with Gasteiger partial charge in [0.2, 0.25) is 0 Å². The number of nitrogens with zero attached hydrogens (tertiary/aromatic N) is 5. The number of aromatic amines is 1. The lowest BCUT2D eigenvalue weighted by atomic mass is 10.1. The summed E-state index contributed by atoms with van der Waals surface area (Å²) in [5, 5.41) is 11.8. The molecule has 1 fully saturated rings. The smallest absolute Gasteiger partial charge is 0.159 e. The van der Waals surface area contributed by atoms with Gasteiger partial charge < -0.3 is 4.74 Å². The summed E-state index contributed by atoms with van der Waals surface area (Å²) in [6.45, 7) is 9.26. The van der Waals surface area contributed by atoms with Crippen LogP contribution in [0.25, 0.3) is 5.65 Å². The molecular weight excluding hydrogens is 304 g/mol. The molecule has 0 saturated carbocycles. The third-order valence-electron chi connectivity index (χ3n) is 4.67. The van der Waals surface area contributed by atoms with E-state index in [2.05, 4.69) is 45.1 Å². The Morgan fingerprint density at radius 2 is 2.17 bits per heavy atom. The fourth-order valence-corrected chi connectivity index (χ4v) is 3.43. The Kier molecular flexibility index (Phi) is 3.82. The normalized spacial score (nSPS) is 19.2. The predicted octanol–water partition coefficient (Wildman–Crippen LogP) is 1.95. The molecule has 0 spiro atoms. The molecule has 4 heterocycles. The fourth-order valence-electron chi connectivity index (χ4n) is 3.43. The van der Waals surface area contributed by atoms with Crippen molar-refractivity contribution in [2.45, 2.75) is 33.4 Å². The highest BCUT2D eigenvalue weighted by Crippen LogP contribution is 2.27. The van der Waals surface area contributed by atoms with Crippen LogP contribution in [0.5, 0.6) is 0 Å². The van der Waals surface area contributed by atoms with E-state index in [4.69, 9.17) is 4.74 Å². The van der Waals surface area contributed by atoms with Crippen LogP contribution in [-0.2, 0) is 11.3 Å². The second-order valence-electron chi connectivity index (χ2n) is 6.47. The summed E-state index contributed by atoms with van der Waals surface area (Å²) in [5.41, 5.74) is 6.51. The first-order valence-electron chi connectivity index (χ1n) is 8.26. The van der Waals surface area contributed by atoms with Crippen molar-refractivity contribution in [2.24, 2.45) is 0 Å². The summed E-state index contributed by atoms with van der Waals surface area (Å²) in [6, 6.07) is 2.23. The van der Waals surface area contributed by atoms with Crippen LogP contribution in [0.15, 0.2) is 18.5 Å². The van der Waals surface area contributed by atoms with E-state index in [1.807, 2.05) is 23.8 Å². The molecule has 1 unspecified atom stereocenters. The largest absolute Gasteiger partial charge is 0.378 e. The second kappa shape index (κ2) is 5.99. The van der Waals surface area contributed by atoms with Gasteiger partial charge in [0, 0.05) is 30.0 Å². The van der Waals surface area contributed by atoms with Crippen LogP contribution in [0.3, 0.4) is 0 Å². The first-order chi connectivity index (χ1) is 11.6. The lowest BCUT2D eigenvalue weighted by Gasteiger charge is -2.35. The van der Waals surface area contributed by atoms with Crippen LogP contribution < -0.4 is 0 Å². The minimum absolute atomic E-state index is 0.183. The topological polar surface area (TPSA) is 71.3 Å². The maximum atomic E-state index is 5.71. The Hall–Kier alpha value is -2.25. The number of aryl methyl sites for hydroxylation is 3. The van der Waals surface area contributed by atoms with Gasteiger partial charge in [-0.3, -0.25) is 10.00 Å². The van der Waals surface area contributed by atoms with Gasteiger partial charge in [-0.15, -0.1) is 0 Å². The Morgan fingerprint density at radius 1 is 1.29 bits per heavy atom. The number of rotatable bonds is 3. The number of nitrogens with one attached hydrogen (secondary N) is 1. The van der Waals surface area contributed by atoms with Gasteiger partial charge >= 0.3 is 0 Å². The van der Waals surface area contributed by atoms with Gasteiger partial charge in [-0.1, -0.05) is 0 Å². The highest BCUT2D eigenvalue weighted by Gasteiger charge is 2.28. The molecule has 3 aromatic heterocycles. The maximum absolute atomic E-state index is 5.71. The van der Waals surface area contributed by atoms with E-state index in [9.17, 15) is 0 Å². The second-order valence-corrected chi connectivity index (χ2v) is 6.47. The molecule has 1 aliphatic heterocycles. The highest BCUT2D eigenvalue weighted by atomic mass is 16.5. The minimum atomic E-state index is 0.183. The van der Waals surface area contributed by atoms with Crippen molar-refractivity contribution < 1.29 is 4.74 Å². The number of H-pyrrole nitrogens is 1. The Labute approximate surface area is 140 Å². The van der Waals surface area contributed by atoms with Gasteiger partial charge in [-0.05, 0) is 32.4 Å². The number of hydrogen-bond acceptors (Lipinski definition) is 5. The molecule has 1 atom stereocenters. The third-order valence-corrected chi connectivity index (χ3v) is 4.67. The molecule has 24 heavy (non-hydrogen) atoms. The molecule has 0 aromatic carbocycles. The number of morpholine rings is 1. The Bertz CT molecular complexity index is 867. The average Bonchev–Trinajstić information content (AvgIpc) is 3.15. The highest BCUT2D eigenvalue weighted by molar-refractivity contribution is 5.48. The van der Waals surface area contributed by atoms with Crippen LogP contribution >= 0.6 is 0 Å². The zero-order valence-electron chi connectivity index (χ0n) is 14.3. The van der Waals surface area contributed by atoms with E-state index in [1.54, 1.807) is 0 Å². The minimum Gasteiger partial charge on any atom is -0.378 e. The third kappa shape index (κ3) is 2.59. The zero-order valence-corrected chi connectivity index (χ0v) is 14.3. The molecule has 0 aliphatic carbocycles. The van der Waals surface area contributed by atoms with Crippen molar-refractivity contribution in [3.05, 3.63) is 46.7 Å². The number of ether oxygens (including phenoxy) is 1. The van der Waals surface area contributed by atoms with Crippen molar-refractivity contribution in [3.63, 3.8) is 0 Å². The van der Waals surface area contributed by atoms with E-state index in [0.717, 1.165) is 48.0 Å². The lowest BCUT2D eigenvalue weighted by Crippen LogP contribution is -2.39. The lowest BCUT2D eigenvalue weighted by molar-refractivity contribution is -0.0143. The summed E-state index contributed by atoms with van der Waals surface area (Å²) in [6.07, 6.45) is 3.80. The summed E-state index contributed by atoms with van der Waals surface area (Å²) >= 11 is 0. The fraction of sp³-hybridized carbons (Fsp3) is 0.471. The SMILES string of the molecule is Cc1cc(C)n2ncc(CN3CCOCC3c3[nH]ncc3C)c2n1. The van der Waals surface area contributed by atoms with Crippen LogP contribution in [0.2, 0.25) is 0 Å². The summed E-state index contributed by atoms with van der Waals surface area (Å²) < 4.78 is 7.63. The van der Waals surface area contributed by atoms with Crippen molar-refractivity contribution in [1.29, 1.82) is 0 Å². The molecule has 7 nitrogen and oxygen atoms in total. The van der Waals surface area contributed by atoms with E-state index in [1.165, 1.54) is 5.56 Å². The molecule has 4 rings (SSSR count). The number of fused-ring (bicyclic) bond motifs is 1. The molecule has 0 bridgehead atoms. The molecule has 0 amide bonds. The van der Waals surface area contributed by atoms with Gasteiger partial charge in [0.05, 0.1) is 37.3 Å². The van der Waals surface area contributed by atoms with Crippen molar-refractivity contribution in [2.75, 3.05) is 19.8 Å². The quantitative estimate of drug-likeness (QED) is 0.796. The molecule has 126 valence electrons. The van der Waals surface area contributed by atoms with Gasteiger partial charge in [-0.2, -0.15) is 10.2 Å². The Balaban J connectivity index is 1.67.